The smallest absolute Gasteiger partial charge is 0.120 e. The Bertz CT molecular complexity index is 966. The molecule has 0 aliphatic carbocycles. The van der Waals surface area contributed by atoms with Crippen molar-refractivity contribution in [3.05, 3.63) is 57.4 Å². The summed E-state index contributed by atoms with van der Waals surface area (Å²) in [4.78, 5) is 3.63. The van der Waals surface area contributed by atoms with Crippen molar-refractivity contribution in [3.63, 3.8) is 0 Å². The molecule has 5 heteroatoms. The molecule has 0 atom stereocenters. The van der Waals surface area contributed by atoms with E-state index in [1.165, 1.54) is 28.8 Å². The maximum absolute atomic E-state index is 10.3. The van der Waals surface area contributed by atoms with E-state index in [4.69, 9.17) is 12.2 Å². The van der Waals surface area contributed by atoms with Crippen molar-refractivity contribution in [2.75, 3.05) is 13.1 Å². The Balaban J connectivity index is 1.75. The van der Waals surface area contributed by atoms with Crippen molar-refractivity contribution in [1.29, 1.82) is 0 Å². The molecule has 0 saturated carbocycles. The van der Waals surface area contributed by atoms with E-state index in [9.17, 15) is 5.11 Å². The largest absolute Gasteiger partial charge is 0.508 e. The van der Waals surface area contributed by atoms with Gasteiger partial charge in [0.05, 0.1) is 4.88 Å². The van der Waals surface area contributed by atoms with Gasteiger partial charge in [0, 0.05) is 17.7 Å². The van der Waals surface area contributed by atoms with Gasteiger partial charge in [-0.25, -0.2) is 0 Å². The molecule has 0 amide bonds. The zero-order valence-corrected chi connectivity index (χ0v) is 17.1. The first-order valence-corrected chi connectivity index (χ1v) is 11.4. The summed E-state index contributed by atoms with van der Waals surface area (Å²) in [6.07, 6.45) is 2.50. The van der Waals surface area contributed by atoms with Gasteiger partial charge in [0.25, 0.3) is 0 Å². The quantitative estimate of drug-likeness (QED) is 0.401. The minimum absolute atomic E-state index is 0.377. The van der Waals surface area contributed by atoms with Crippen LogP contribution < -0.4 is 0 Å². The van der Waals surface area contributed by atoms with Crippen molar-refractivity contribution in [3.8, 4) is 27.3 Å². The van der Waals surface area contributed by atoms with Crippen LogP contribution in [0.3, 0.4) is 0 Å². The average Bonchev–Trinajstić information content (AvgIpc) is 3.27. The van der Waals surface area contributed by atoms with Gasteiger partial charge in [-0.15, -0.1) is 0 Å². The Kier molecular flexibility index (Phi) is 5.23. The molecule has 1 fully saturated rings. The van der Waals surface area contributed by atoms with Crippen LogP contribution in [0.4, 0.5) is 0 Å². The summed E-state index contributed by atoms with van der Waals surface area (Å²) in [5.74, 6) is 0.377. The summed E-state index contributed by atoms with van der Waals surface area (Å²) >= 11 is 5.66. The zero-order valence-electron chi connectivity index (χ0n) is 14.7. The molecular weight excluding hydrogens is 378 g/mol. The molecule has 0 radical (unpaired) electrons. The van der Waals surface area contributed by atoms with Gasteiger partial charge in [0.2, 0.25) is 0 Å². The molecule has 1 N–H and O–H groups in total. The predicted molar refractivity (Wildman–Crippen MR) is 115 cm³/mol. The fourth-order valence-electron chi connectivity index (χ4n) is 3.45. The summed E-state index contributed by atoms with van der Waals surface area (Å²) in [7, 11) is 3.39. The van der Waals surface area contributed by atoms with Gasteiger partial charge in [0.15, 0.2) is 0 Å². The lowest BCUT2D eigenvalue weighted by Crippen LogP contribution is -2.18. The van der Waals surface area contributed by atoms with Gasteiger partial charge in [-0.3, -0.25) is 4.90 Å². The highest BCUT2D eigenvalue weighted by Gasteiger charge is 2.17. The van der Waals surface area contributed by atoms with E-state index in [0.29, 0.717) is 5.75 Å². The van der Waals surface area contributed by atoms with E-state index in [2.05, 4.69) is 42.2 Å². The van der Waals surface area contributed by atoms with Crippen LogP contribution in [0.5, 0.6) is 5.75 Å². The van der Waals surface area contributed by atoms with E-state index in [1.807, 2.05) is 12.1 Å². The molecule has 3 aromatic rings. The van der Waals surface area contributed by atoms with Gasteiger partial charge in [0.1, 0.15) is 9.57 Å². The van der Waals surface area contributed by atoms with Crippen LogP contribution >= 0.6 is 32.9 Å². The van der Waals surface area contributed by atoms with Crippen molar-refractivity contribution in [2.24, 2.45) is 0 Å². The molecule has 1 aliphatic rings. The number of phenolic OH excluding ortho intramolecular Hbond substituents is 1. The molecule has 0 unspecified atom stereocenters. The molecule has 2 aromatic carbocycles. The van der Waals surface area contributed by atoms with E-state index in [-0.39, 0.29) is 0 Å². The topological polar surface area (TPSA) is 23.5 Å². The minimum Gasteiger partial charge on any atom is -0.508 e. The Morgan fingerprint density at radius 1 is 1.00 bits per heavy atom. The number of hydrogen-bond donors (Lipinski definition) is 1. The number of rotatable bonds is 4. The monoisotopic (exact) mass is 399 g/mol. The Labute approximate surface area is 166 Å². The maximum Gasteiger partial charge on any atom is 0.120 e. The Morgan fingerprint density at radius 2 is 1.69 bits per heavy atom. The van der Waals surface area contributed by atoms with E-state index < -0.39 is 0 Å². The predicted octanol–water partition coefficient (Wildman–Crippen LogP) is 6.48. The van der Waals surface area contributed by atoms with Crippen molar-refractivity contribution >= 4 is 32.9 Å². The standard InChI is InChI=1S/C21H21NOS3/c1-14-4-6-15(7-5-14)20-19(21(24)26-25-20)16-8-9-18(23)17(12-16)13-22-10-2-3-11-22/h4-9,12,23H,2-3,10-11,13H2,1H3. The van der Waals surface area contributed by atoms with Crippen LogP contribution in [0.2, 0.25) is 0 Å². The average molecular weight is 400 g/mol. The number of nitrogens with zero attached hydrogens (tertiary/aromatic N) is 1. The number of hydrogen-bond acceptors (Lipinski definition) is 5. The highest BCUT2D eigenvalue weighted by atomic mass is 32.9. The lowest BCUT2D eigenvalue weighted by Gasteiger charge is -2.16. The Hall–Kier alpha value is -1.53. The molecule has 1 saturated heterocycles. The van der Waals surface area contributed by atoms with Gasteiger partial charge in [-0.05, 0) is 56.1 Å². The van der Waals surface area contributed by atoms with Gasteiger partial charge in [-0.1, -0.05) is 68.8 Å². The number of phenols is 1. The van der Waals surface area contributed by atoms with E-state index in [0.717, 1.165) is 40.1 Å². The summed E-state index contributed by atoms with van der Waals surface area (Å²) in [5, 5.41) is 10.3. The molecule has 2 heterocycles. The maximum atomic E-state index is 10.3. The van der Waals surface area contributed by atoms with Gasteiger partial charge < -0.3 is 5.11 Å². The van der Waals surface area contributed by atoms with E-state index in [1.54, 1.807) is 20.7 Å². The summed E-state index contributed by atoms with van der Waals surface area (Å²) < 4.78 is 0.920. The van der Waals surface area contributed by atoms with Crippen LogP contribution in [-0.2, 0) is 6.54 Å². The molecule has 1 aliphatic heterocycles. The first kappa shape index (κ1) is 17.9. The van der Waals surface area contributed by atoms with Crippen molar-refractivity contribution in [2.45, 2.75) is 26.3 Å². The highest BCUT2D eigenvalue weighted by Crippen LogP contribution is 2.42. The molecular formula is C21H21NOS3. The number of aromatic hydroxyl groups is 1. The fraction of sp³-hybridized carbons (Fsp3) is 0.286. The molecule has 2 nitrogen and oxygen atoms in total. The second-order valence-electron chi connectivity index (χ2n) is 6.85. The first-order chi connectivity index (χ1) is 12.6. The third kappa shape index (κ3) is 3.62. The summed E-state index contributed by atoms with van der Waals surface area (Å²) in [6.45, 7) is 5.14. The Morgan fingerprint density at radius 3 is 2.42 bits per heavy atom. The van der Waals surface area contributed by atoms with Crippen molar-refractivity contribution < 1.29 is 5.11 Å². The van der Waals surface area contributed by atoms with E-state index >= 15 is 0 Å². The lowest BCUT2D eigenvalue weighted by molar-refractivity contribution is 0.324. The van der Waals surface area contributed by atoms with Gasteiger partial charge >= 0.3 is 0 Å². The zero-order chi connectivity index (χ0) is 18.1. The second kappa shape index (κ2) is 7.61. The third-order valence-electron chi connectivity index (χ3n) is 4.91. The van der Waals surface area contributed by atoms with Gasteiger partial charge in [-0.2, -0.15) is 0 Å². The lowest BCUT2D eigenvalue weighted by atomic mass is 10.0. The van der Waals surface area contributed by atoms with Crippen LogP contribution in [0.1, 0.15) is 24.0 Å². The number of likely N-dealkylation sites (tertiary alicyclic amines) is 1. The number of aryl methyl sites for hydroxylation is 1. The van der Waals surface area contributed by atoms with Crippen LogP contribution in [0, 0.1) is 10.7 Å². The minimum atomic E-state index is 0.377. The van der Waals surface area contributed by atoms with Crippen LogP contribution in [0.25, 0.3) is 21.6 Å². The highest BCUT2D eigenvalue weighted by molar-refractivity contribution is 7.80. The normalized spacial score (nSPS) is 14.8. The van der Waals surface area contributed by atoms with Crippen LogP contribution in [0.15, 0.2) is 42.5 Å². The molecule has 1 aromatic heterocycles. The SMILES string of the molecule is Cc1ccc(-c2ssc(=S)c2-c2ccc(O)c(CN3CCCC3)c2)cc1. The van der Waals surface area contributed by atoms with Crippen molar-refractivity contribution in [1.82, 2.24) is 4.90 Å². The summed E-state index contributed by atoms with van der Waals surface area (Å²) in [5.41, 5.74) is 5.69. The third-order valence-corrected chi connectivity index (χ3v) is 7.97. The molecule has 134 valence electrons. The molecule has 0 spiro atoms. The molecule has 4 rings (SSSR count). The number of benzene rings is 2. The summed E-state index contributed by atoms with van der Waals surface area (Å²) in [6, 6.07) is 14.5. The fourth-order valence-corrected chi connectivity index (χ4v) is 6.37. The first-order valence-electron chi connectivity index (χ1n) is 8.86. The molecule has 26 heavy (non-hydrogen) atoms. The second-order valence-corrected chi connectivity index (χ2v) is 9.67. The van der Waals surface area contributed by atoms with Crippen LogP contribution in [-0.4, -0.2) is 23.1 Å². The molecule has 0 bridgehead atoms.